The topological polar surface area (TPSA) is 49.9 Å². The van der Waals surface area contributed by atoms with Crippen LogP contribution in [0.3, 0.4) is 0 Å². The zero-order chi connectivity index (χ0) is 9.86. The van der Waals surface area contributed by atoms with Gasteiger partial charge in [-0.15, -0.1) is 0 Å². The number of H-pyrrole nitrogens is 1. The van der Waals surface area contributed by atoms with Gasteiger partial charge in [-0.25, -0.2) is 4.98 Å². The lowest BCUT2D eigenvalue weighted by Gasteiger charge is -2.34. The largest absolute Gasteiger partial charge is 0.380 e. The highest BCUT2D eigenvalue weighted by molar-refractivity contribution is 4.96. The molecular weight excluding hydrogens is 178 g/mol. The normalized spacial score (nSPS) is 27.8. The molecule has 1 saturated heterocycles. The van der Waals surface area contributed by atoms with Gasteiger partial charge in [0.1, 0.15) is 0 Å². The van der Waals surface area contributed by atoms with Gasteiger partial charge in [-0.3, -0.25) is 0 Å². The van der Waals surface area contributed by atoms with Gasteiger partial charge in [-0.05, 0) is 19.8 Å². The van der Waals surface area contributed by atoms with Crippen LogP contribution in [0.15, 0.2) is 12.5 Å². The molecule has 0 radical (unpaired) electrons. The monoisotopic (exact) mass is 195 g/mol. The molecule has 0 saturated carbocycles. The molecule has 1 aromatic rings. The van der Waals surface area contributed by atoms with Crippen LogP contribution in [-0.4, -0.2) is 28.7 Å². The smallest absolute Gasteiger partial charge is 0.0922 e. The lowest BCUT2D eigenvalue weighted by atomic mass is 9.95. The maximum absolute atomic E-state index is 5.47. The van der Waals surface area contributed by atoms with E-state index in [0.29, 0.717) is 0 Å². The molecular formula is C10H17N3O. The maximum Gasteiger partial charge on any atom is 0.0922 e. The van der Waals surface area contributed by atoms with Gasteiger partial charge in [0.15, 0.2) is 0 Å². The molecule has 4 heteroatoms. The summed E-state index contributed by atoms with van der Waals surface area (Å²) in [5.41, 5.74) is 1.25. The van der Waals surface area contributed by atoms with Gasteiger partial charge >= 0.3 is 0 Å². The summed E-state index contributed by atoms with van der Waals surface area (Å²) in [5, 5.41) is 3.50. The summed E-state index contributed by atoms with van der Waals surface area (Å²) >= 11 is 0. The Bertz CT molecular complexity index is 265. The summed E-state index contributed by atoms with van der Waals surface area (Å²) < 4.78 is 5.47. The van der Waals surface area contributed by atoms with Crippen LogP contribution in [0.5, 0.6) is 0 Å². The van der Waals surface area contributed by atoms with E-state index in [-0.39, 0.29) is 5.54 Å². The fourth-order valence-corrected chi connectivity index (χ4v) is 1.76. The van der Waals surface area contributed by atoms with E-state index in [1.165, 1.54) is 6.42 Å². The van der Waals surface area contributed by atoms with Gasteiger partial charge in [-0.2, -0.15) is 0 Å². The fourth-order valence-electron chi connectivity index (χ4n) is 1.76. The van der Waals surface area contributed by atoms with Crippen LogP contribution in [0.25, 0.3) is 0 Å². The minimum atomic E-state index is 0.128. The molecule has 0 aromatic carbocycles. The summed E-state index contributed by atoms with van der Waals surface area (Å²) in [6.07, 6.45) is 5.88. The second-order valence-corrected chi connectivity index (χ2v) is 4.15. The fraction of sp³-hybridized carbons (Fsp3) is 0.700. The SMILES string of the molecule is CC1(NCc2cnc[nH]2)CCCOC1. The Morgan fingerprint density at radius 2 is 2.64 bits per heavy atom. The lowest BCUT2D eigenvalue weighted by Crippen LogP contribution is -2.48. The first kappa shape index (κ1) is 9.68. The van der Waals surface area contributed by atoms with E-state index in [4.69, 9.17) is 4.74 Å². The standard InChI is InChI=1S/C10H17N3O/c1-10(3-2-4-14-7-10)13-6-9-5-11-8-12-9/h5,8,13H,2-4,6-7H2,1H3,(H,11,12). The molecule has 0 amide bonds. The van der Waals surface area contributed by atoms with Gasteiger partial charge in [0.2, 0.25) is 0 Å². The molecule has 14 heavy (non-hydrogen) atoms. The molecule has 1 aliphatic rings. The molecule has 1 aliphatic heterocycles. The van der Waals surface area contributed by atoms with Crippen molar-refractivity contribution >= 4 is 0 Å². The summed E-state index contributed by atoms with van der Waals surface area (Å²) in [6.45, 7) is 4.75. The number of hydrogen-bond acceptors (Lipinski definition) is 3. The van der Waals surface area contributed by atoms with E-state index in [2.05, 4.69) is 22.2 Å². The first-order chi connectivity index (χ1) is 6.79. The van der Waals surface area contributed by atoms with Crippen LogP contribution in [0, 0.1) is 0 Å². The number of aromatic nitrogens is 2. The average Bonchev–Trinajstić information content (AvgIpc) is 2.69. The van der Waals surface area contributed by atoms with Crippen molar-refractivity contribution in [1.29, 1.82) is 0 Å². The van der Waals surface area contributed by atoms with Crippen LogP contribution in [-0.2, 0) is 11.3 Å². The van der Waals surface area contributed by atoms with E-state index < -0.39 is 0 Å². The predicted molar refractivity (Wildman–Crippen MR) is 53.9 cm³/mol. The molecule has 1 atom stereocenters. The molecule has 2 N–H and O–H groups in total. The first-order valence-electron chi connectivity index (χ1n) is 5.09. The molecule has 2 heterocycles. The number of nitrogens with one attached hydrogen (secondary N) is 2. The first-order valence-corrected chi connectivity index (χ1v) is 5.09. The van der Waals surface area contributed by atoms with Crippen LogP contribution in [0.1, 0.15) is 25.5 Å². The molecule has 78 valence electrons. The molecule has 0 aliphatic carbocycles. The second kappa shape index (κ2) is 4.11. The Balaban J connectivity index is 1.84. The Morgan fingerprint density at radius 1 is 1.71 bits per heavy atom. The highest BCUT2D eigenvalue weighted by Gasteiger charge is 2.26. The Labute approximate surface area is 84.1 Å². The zero-order valence-corrected chi connectivity index (χ0v) is 8.55. The van der Waals surface area contributed by atoms with Gasteiger partial charge < -0.3 is 15.0 Å². The number of nitrogens with zero attached hydrogens (tertiary/aromatic N) is 1. The van der Waals surface area contributed by atoms with E-state index in [1.807, 2.05) is 6.20 Å². The molecule has 1 aromatic heterocycles. The summed E-state index contributed by atoms with van der Waals surface area (Å²) in [5.74, 6) is 0. The molecule has 0 bridgehead atoms. The van der Waals surface area contributed by atoms with Gasteiger partial charge in [-0.1, -0.05) is 0 Å². The average molecular weight is 195 g/mol. The maximum atomic E-state index is 5.47. The highest BCUT2D eigenvalue weighted by Crippen LogP contribution is 2.18. The van der Waals surface area contributed by atoms with Crippen molar-refractivity contribution in [3.8, 4) is 0 Å². The van der Waals surface area contributed by atoms with Crippen LogP contribution >= 0.6 is 0 Å². The summed E-state index contributed by atoms with van der Waals surface area (Å²) in [4.78, 5) is 7.06. The quantitative estimate of drug-likeness (QED) is 0.758. The van der Waals surface area contributed by atoms with E-state index in [9.17, 15) is 0 Å². The Morgan fingerprint density at radius 3 is 3.29 bits per heavy atom. The van der Waals surface area contributed by atoms with Crippen molar-refractivity contribution in [1.82, 2.24) is 15.3 Å². The van der Waals surface area contributed by atoms with Crippen molar-refractivity contribution in [2.75, 3.05) is 13.2 Å². The number of hydrogen-bond donors (Lipinski definition) is 2. The summed E-state index contributed by atoms with van der Waals surface area (Å²) in [6, 6.07) is 0. The number of aromatic amines is 1. The molecule has 2 rings (SSSR count). The number of imidazole rings is 1. The van der Waals surface area contributed by atoms with Crippen molar-refractivity contribution in [3.63, 3.8) is 0 Å². The molecule has 1 unspecified atom stereocenters. The van der Waals surface area contributed by atoms with E-state index in [0.717, 1.165) is 31.9 Å². The van der Waals surface area contributed by atoms with E-state index in [1.54, 1.807) is 6.33 Å². The minimum absolute atomic E-state index is 0.128. The van der Waals surface area contributed by atoms with Crippen molar-refractivity contribution in [3.05, 3.63) is 18.2 Å². The van der Waals surface area contributed by atoms with Crippen molar-refractivity contribution < 1.29 is 4.74 Å². The third kappa shape index (κ3) is 2.33. The molecule has 0 spiro atoms. The van der Waals surface area contributed by atoms with Crippen molar-refractivity contribution in [2.45, 2.75) is 31.8 Å². The van der Waals surface area contributed by atoms with Crippen LogP contribution < -0.4 is 5.32 Å². The lowest BCUT2D eigenvalue weighted by molar-refractivity contribution is 0.0276. The Hall–Kier alpha value is -0.870. The summed E-state index contributed by atoms with van der Waals surface area (Å²) in [7, 11) is 0. The van der Waals surface area contributed by atoms with Gasteiger partial charge in [0.25, 0.3) is 0 Å². The molecule has 1 fully saturated rings. The van der Waals surface area contributed by atoms with Gasteiger partial charge in [0.05, 0.1) is 12.9 Å². The highest BCUT2D eigenvalue weighted by atomic mass is 16.5. The number of rotatable bonds is 3. The third-order valence-electron chi connectivity index (χ3n) is 2.70. The van der Waals surface area contributed by atoms with Crippen LogP contribution in [0.2, 0.25) is 0 Å². The minimum Gasteiger partial charge on any atom is -0.380 e. The van der Waals surface area contributed by atoms with E-state index >= 15 is 0 Å². The van der Waals surface area contributed by atoms with Crippen LogP contribution in [0.4, 0.5) is 0 Å². The zero-order valence-electron chi connectivity index (χ0n) is 8.55. The van der Waals surface area contributed by atoms with Gasteiger partial charge in [0, 0.05) is 30.6 Å². The second-order valence-electron chi connectivity index (χ2n) is 4.15. The Kier molecular flexibility index (Phi) is 2.84. The molecule has 4 nitrogen and oxygen atoms in total. The van der Waals surface area contributed by atoms with Crippen molar-refractivity contribution in [2.24, 2.45) is 0 Å². The third-order valence-corrected chi connectivity index (χ3v) is 2.70. The number of ether oxygens (including phenoxy) is 1. The predicted octanol–water partition coefficient (Wildman–Crippen LogP) is 1.07.